The van der Waals surface area contributed by atoms with E-state index in [4.69, 9.17) is 5.73 Å². The third kappa shape index (κ3) is 5.77. The third-order valence-corrected chi connectivity index (χ3v) is 5.89. The average molecular weight is 525 g/mol. The van der Waals surface area contributed by atoms with Crippen LogP contribution >= 0.6 is 0 Å². The normalized spacial score (nSPS) is 14.3. The van der Waals surface area contributed by atoms with Gasteiger partial charge in [-0.2, -0.15) is 13.2 Å². The summed E-state index contributed by atoms with van der Waals surface area (Å²) in [7, 11) is 0. The van der Waals surface area contributed by atoms with Gasteiger partial charge >= 0.3 is 6.18 Å². The van der Waals surface area contributed by atoms with Gasteiger partial charge in [0.1, 0.15) is 5.82 Å². The summed E-state index contributed by atoms with van der Waals surface area (Å²) in [5, 5.41) is 2.39. The standard InChI is InChI=1S/C24H21F6N5O2/c25-16-11-18(27)17(26)9-14(16)8-15(31)10-20(36)34-6-7-35-19(12-34)21(33-23(35)24(28,29)30)32-22(37)13-4-2-1-3-5-13/h1-5,9,11,15H,6-8,10,12,31H2,(H,32,37). The summed E-state index contributed by atoms with van der Waals surface area (Å²) in [6, 6.07) is 7.89. The Bertz CT molecular complexity index is 1330. The van der Waals surface area contributed by atoms with Crippen LogP contribution in [0.3, 0.4) is 0 Å². The second-order valence-electron chi connectivity index (χ2n) is 8.54. The number of fused-ring (bicyclic) bond motifs is 1. The lowest BCUT2D eigenvalue weighted by Crippen LogP contribution is -2.42. The molecule has 1 aromatic heterocycles. The molecular formula is C24H21F6N5O2. The predicted octanol–water partition coefficient (Wildman–Crippen LogP) is 3.87. The molecule has 196 valence electrons. The van der Waals surface area contributed by atoms with Crippen molar-refractivity contribution in [2.24, 2.45) is 5.73 Å². The SMILES string of the molecule is NC(CC(=O)N1CCn2c(C(F)(F)F)nc(NC(=O)c3ccccc3)c2C1)Cc1cc(F)c(F)cc1F. The van der Waals surface area contributed by atoms with Gasteiger partial charge in [0.15, 0.2) is 17.5 Å². The van der Waals surface area contributed by atoms with E-state index < -0.39 is 47.3 Å². The zero-order valence-corrected chi connectivity index (χ0v) is 19.2. The van der Waals surface area contributed by atoms with Crippen LogP contribution in [-0.2, 0) is 30.5 Å². The van der Waals surface area contributed by atoms with Crippen LogP contribution in [0, 0.1) is 17.5 Å². The van der Waals surface area contributed by atoms with E-state index in [-0.39, 0.29) is 55.1 Å². The highest BCUT2D eigenvalue weighted by Gasteiger charge is 2.41. The van der Waals surface area contributed by atoms with Crippen LogP contribution < -0.4 is 11.1 Å². The number of amides is 2. The average Bonchev–Trinajstić information content (AvgIpc) is 3.21. The molecule has 0 bridgehead atoms. The molecule has 2 aromatic carbocycles. The number of imidazole rings is 1. The summed E-state index contributed by atoms with van der Waals surface area (Å²) < 4.78 is 82.2. The number of aromatic nitrogens is 2. The summed E-state index contributed by atoms with van der Waals surface area (Å²) in [6.07, 6.45) is -5.39. The minimum absolute atomic E-state index is 0.0172. The molecular weight excluding hydrogens is 504 g/mol. The first-order chi connectivity index (χ1) is 17.4. The minimum atomic E-state index is -4.80. The molecule has 3 N–H and O–H groups in total. The predicted molar refractivity (Wildman–Crippen MR) is 120 cm³/mol. The van der Waals surface area contributed by atoms with Gasteiger partial charge < -0.3 is 20.5 Å². The smallest absolute Gasteiger partial charge is 0.335 e. The minimum Gasteiger partial charge on any atom is -0.335 e. The summed E-state index contributed by atoms with van der Waals surface area (Å²) in [5.74, 6) is -6.38. The highest BCUT2D eigenvalue weighted by atomic mass is 19.4. The Morgan fingerprint density at radius 2 is 1.70 bits per heavy atom. The van der Waals surface area contributed by atoms with Gasteiger partial charge in [0, 0.05) is 37.2 Å². The van der Waals surface area contributed by atoms with Crippen molar-refractivity contribution in [3.63, 3.8) is 0 Å². The van der Waals surface area contributed by atoms with Crippen LogP contribution in [0.25, 0.3) is 0 Å². The monoisotopic (exact) mass is 525 g/mol. The number of nitrogens with zero attached hydrogens (tertiary/aromatic N) is 3. The molecule has 0 saturated heterocycles. The molecule has 0 fully saturated rings. The molecule has 0 radical (unpaired) electrons. The Morgan fingerprint density at radius 1 is 1.03 bits per heavy atom. The number of alkyl halides is 3. The highest BCUT2D eigenvalue weighted by molar-refractivity contribution is 6.04. The number of hydrogen-bond acceptors (Lipinski definition) is 4. The lowest BCUT2D eigenvalue weighted by Gasteiger charge is -2.30. The highest BCUT2D eigenvalue weighted by Crippen LogP contribution is 2.34. The zero-order valence-electron chi connectivity index (χ0n) is 19.2. The topological polar surface area (TPSA) is 93.2 Å². The molecule has 2 amide bonds. The zero-order chi connectivity index (χ0) is 26.9. The number of carbonyl (C=O) groups excluding carboxylic acids is 2. The maximum absolute atomic E-state index is 13.9. The van der Waals surface area contributed by atoms with Gasteiger partial charge in [-0.25, -0.2) is 18.2 Å². The van der Waals surface area contributed by atoms with Gasteiger partial charge in [0.25, 0.3) is 5.91 Å². The lowest BCUT2D eigenvalue weighted by atomic mass is 10.0. The van der Waals surface area contributed by atoms with Crippen molar-refractivity contribution < 1.29 is 35.9 Å². The van der Waals surface area contributed by atoms with Crippen molar-refractivity contribution in [3.8, 4) is 0 Å². The van der Waals surface area contributed by atoms with E-state index >= 15 is 0 Å². The quantitative estimate of drug-likeness (QED) is 0.378. The Balaban J connectivity index is 1.50. The molecule has 2 heterocycles. The van der Waals surface area contributed by atoms with Crippen LogP contribution in [0.15, 0.2) is 42.5 Å². The number of rotatable bonds is 6. The maximum atomic E-state index is 13.9. The van der Waals surface area contributed by atoms with Crippen molar-refractivity contribution in [2.45, 2.75) is 38.1 Å². The molecule has 1 unspecified atom stereocenters. The van der Waals surface area contributed by atoms with Crippen LogP contribution in [0.1, 0.15) is 33.9 Å². The molecule has 37 heavy (non-hydrogen) atoms. The lowest BCUT2D eigenvalue weighted by molar-refractivity contribution is -0.148. The molecule has 0 spiro atoms. The molecule has 4 rings (SSSR count). The van der Waals surface area contributed by atoms with Gasteiger partial charge in [-0.05, 0) is 30.2 Å². The molecule has 1 atom stereocenters. The molecule has 3 aromatic rings. The Kier molecular flexibility index (Phi) is 7.25. The number of benzene rings is 2. The molecule has 0 saturated carbocycles. The number of nitrogens with two attached hydrogens (primary N) is 1. The van der Waals surface area contributed by atoms with Crippen molar-refractivity contribution in [1.29, 1.82) is 0 Å². The first-order valence-corrected chi connectivity index (χ1v) is 11.1. The summed E-state index contributed by atoms with van der Waals surface area (Å²) in [4.78, 5) is 30.2. The van der Waals surface area contributed by atoms with Crippen LogP contribution in [0.5, 0.6) is 0 Å². The number of carbonyl (C=O) groups is 2. The second-order valence-corrected chi connectivity index (χ2v) is 8.54. The van der Waals surface area contributed by atoms with Crippen LogP contribution in [0.4, 0.5) is 32.2 Å². The van der Waals surface area contributed by atoms with E-state index in [1.54, 1.807) is 18.2 Å². The maximum Gasteiger partial charge on any atom is 0.449 e. The largest absolute Gasteiger partial charge is 0.449 e. The van der Waals surface area contributed by atoms with Crippen molar-refractivity contribution in [1.82, 2.24) is 14.5 Å². The first-order valence-electron chi connectivity index (χ1n) is 11.1. The van der Waals surface area contributed by atoms with Crippen LogP contribution in [-0.4, -0.2) is 38.9 Å². The third-order valence-electron chi connectivity index (χ3n) is 5.89. The van der Waals surface area contributed by atoms with E-state index in [0.29, 0.717) is 12.1 Å². The molecule has 1 aliphatic rings. The van der Waals surface area contributed by atoms with E-state index in [2.05, 4.69) is 10.3 Å². The molecule has 0 aliphatic carbocycles. The van der Waals surface area contributed by atoms with E-state index in [1.807, 2.05) is 0 Å². The van der Waals surface area contributed by atoms with E-state index in [0.717, 1.165) is 4.57 Å². The van der Waals surface area contributed by atoms with Crippen LogP contribution in [0.2, 0.25) is 0 Å². The number of nitrogens with one attached hydrogen (secondary N) is 1. The number of halogens is 6. The van der Waals surface area contributed by atoms with Gasteiger partial charge in [-0.1, -0.05) is 18.2 Å². The number of anilines is 1. The fraction of sp³-hybridized carbons (Fsp3) is 0.292. The Hall–Kier alpha value is -3.87. The van der Waals surface area contributed by atoms with Crippen molar-refractivity contribution in [2.75, 3.05) is 11.9 Å². The second kappa shape index (κ2) is 10.2. The van der Waals surface area contributed by atoms with E-state index in [9.17, 15) is 35.9 Å². The summed E-state index contributed by atoms with van der Waals surface area (Å²) in [5.41, 5.74) is 5.91. The fourth-order valence-electron chi connectivity index (χ4n) is 4.09. The van der Waals surface area contributed by atoms with Gasteiger partial charge in [0.2, 0.25) is 11.7 Å². The van der Waals surface area contributed by atoms with Crippen molar-refractivity contribution in [3.05, 3.63) is 82.6 Å². The van der Waals surface area contributed by atoms with Gasteiger partial charge in [-0.15, -0.1) is 0 Å². The fourth-order valence-corrected chi connectivity index (χ4v) is 4.09. The number of hydrogen-bond donors (Lipinski definition) is 2. The molecule has 13 heteroatoms. The first kappa shape index (κ1) is 26.2. The summed E-state index contributed by atoms with van der Waals surface area (Å²) in [6.45, 7) is -0.626. The van der Waals surface area contributed by atoms with Crippen molar-refractivity contribution >= 4 is 17.6 Å². The van der Waals surface area contributed by atoms with Gasteiger partial charge in [0.05, 0.1) is 12.2 Å². The summed E-state index contributed by atoms with van der Waals surface area (Å²) >= 11 is 0. The molecule has 7 nitrogen and oxygen atoms in total. The van der Waals surface area contributed by atoms with E-state index in [1.165, 1.54) is 17.0 Å². The Labute approximate surface area is 206 Å². The molecule has 1 aliphatic heterocycles. The Morgan fingerprint density at radius 3 is 2.38 bits per heavy atom. The van der Waals surface area contributed by atoms with Gasteiger partial charge in [-0.3, -0.25) is 9.59 Å².